The number of rotatable bonds is 4. The van der Waals surface area contributed by atoms with Gasteiger partial charge in [-0.25, -0.2) is 21.1 Å². The third kappa shape index (κ3) is 4.34. The van der Waals surface area contributed by atoms with Gasteiger partial charge >= 0.3 is 0 Å². The zero-order valence-electron chi connectivity index (χ0n) is 14.7. The van der Waals surface area contributed by atoms with Crippen LogP contribution < -0.4 is 0 Å². The molecular weight excluding hydrogens is 370 g/mol. The minimum Gasteiger partial charge on any atom is -0.228 e. The van der Waals surface area contributed by atoms with E-state index < -0.39 is 25.1 Å². The highest BCUT2D eigenvalue weighted by Gasteiger charge is 2.34. The third-order valence-electron chi connectivity index (χ3n) is 4.73. The van der Waals surface area contributed by atoms with Crippen molar-refractivity contribution in [2.45, 2.75) is 24.3 Å². The van der Waals surface area contributed by atoms with E-state index in [1.54, 1.807) is 24.3 Å². The monoisotopic (exact) mass is 393 g/mol. The molecule has 2 aromatic carbocycles. The Kier molecular flexibility index (Phi) is 5.50. The molecule has 0 spiro atoms. The molecule has 1 unspecified atom stereocenters. The fourth-order valence-corrected chi connectivity index (χ4v) is 6.69. The Hall–Kier alpha value is -1.70. The van der Waals surface area contributed by atoms with Gasteiger partial charge < -0.3 is 0 Å². The molecule has 140 valence electrons. The van der Waals surface area contributed by atoms with E-state index in [0.717, 1.165) is 11.1 Å². The van der Waals surface area contributed by atoms with Crippen LogP contribution in [0, 0.1) is 6.92 Å². The fraction of sp³-hybridized carbons (Fsp3) is 0.368. The van der Waals surface area contributed by atoms with Crippen molar-refractivity contribution in [2.24, 2.45) is 0 Å². The van der Waals surface area contributed by atoms with Gasteiger partial charge in [0.15, 0.2) is 9.84 Å². The second kappa shape index (κ2) is 7.50. The molecule has 0 aromatic heterocycles. The maximum atomic E-state index is 12.8. The number of aryl methyl sites for hydroxylation is 1. The molecule has 26 heavy (non-hydrogen) atoms. The summed E-state index contributed by atoms with van der Waals surface area (Å²) in [6.45, 7) is 2.18. The lowest BCUT2D eigenvalue weighted by Crippen LogP contribution is -2.34. The van der Waals surface area contributed by atoms with Gasteiger partial charge in [0, 0.05) is 13.1 Å². The Morgan fingerprint density at radius 3 is 2.31 bits per heavy atom. The fourth-order valence-electron chi connectivity index (χ4n) is 3.23. The van der Waals surface area contributed by atoms with Crippen molar-refractivity contribution >= 4 is 19.9 Å². The van der Waals surface area contributed by atoms with Gasteiger partial charge in [-0.2, -0.15) is 0 Å². The van der Waals surface area contributed by atoms with E-state index in [0.29, 0.717) is 5.56 Å². The van der Waals surface area contributed by atoms with E-state index in [1.165, 1.54) is 4.31 Å². The largest absolute Gasteiger partial charge is 0.228 e. The topological polar surface area (TPSA) is 71.5 Å². The van der Waals surface area contributed by atoms with Crippen molar-refractivity contribution in [1.82, 2.24) is 4.31 Å². The lowest BCUT2D eigenvalue weighted by Gasteiger charge is -2.19. The summed E-state index contributed by atoms with van der Waals surface area (Å²) >= 11 is 0. The van der Waals surface area contributed by atoms with Crippen molar-refractivity contribution < 1.29 is 16.8 Å². The molecule has 1 aliphatic heterocycles. The first-order chi connectivity index (χ1) is 12.3. The van der Waals surface area contributed by atoms with Crippen LogP contribution in [0.25, 0.3) is 0 Å². The molecule has 3 rings (SSSR count). The molecule has 0 N–H and O–H groups in total. The zero-order valence-corrected chi connectivity index (χ0v) is 16.3. The molecule has 1 saturated heterocycles. The van der Waals surface area contributed by atoms with Crippen LogP contribution in [0.4, 0.5) is 0 Å². The van der Waals surface area contributed by atoms with Crippen LogP contribution in [0.5, 0.6) is 0 Å². The van der Waals surface area contributed by atoms with Crippen molar-refractivity contribution in [3.63, 3.8) is 0 Å². The number of hydrogen-bond acceptors (Lipinski definition) is 4. The Labute approximate surface area is 155 Å². The van der Waals surface area contributed by atoms with Crippen LogP contribution in [-0.2, 0) is 25.6 Å². The Balaban J connectivity index is 1.79. The molecule has 0 saturated carbocycles. The van der Waals surface area contributed by atoms with Crippen LogP contribution in [0.15, 0.2) is 54.6 Å². The summed E-state index contributed by atoms with van der Waals surface area (Å²) in [5.41, 5.74) is 2.50. The minimum absolute atomic E-state index is 0.0138. The van der Waals surface area contributed by atoms with Crippen LogP contribution >= 0.6 is 0 Å². The molecule has 7 heteroatoms. The van der Waals surface area contributed by atoms with Gasteiger partial charge in [-0.3, -0.25) is 0 Å². The highest BCUT2D eigenvalue weighted by molar-refractivity contribution is 7.91. The number of hydrogen-bond donors (Lipinski definition) is 0. The van der Waals surface area contributed by atoms with E-state index in [4.69, 9.17) is 0 Å². The third-order valence-corrected chi connectivity index (χ3v) is 8.71. The zero-order chi connectivity index (χ0) is 18.8. The molecule has 5 nitrogen and oxygen atoms in total. The van der Waals surface area contributed by atoms with Gasteiger partial charge in [0.25, 0.3) is 0 Å². The van der Waals surface area contributed by atoms with Gasteiger partial charge in [-0.1, -0.05) is 60.2 Å². The summed E-state index contributed by atoms with van der Waals surface area (Å²) in [7, 11) is -6.95. The van der Waals surface area contributed by atoms with E-state index in [9.17, 15) is 16.8 Å². The molecule has 1 fully saturated rings. The average molecular weight is 394 g/mol. The molecule has 1 atom stereocenters. The van der Waals surface area contributed by atoms with Gasteiger partial charge in [0.2, 0.25) is 10.0 Å². The first kappa shape index (κ1) is 19.1. The van der Waals surface area contributed by atoms with Gasteiger partial charge in [0.1, 0.15) is 0 Å². The lowest BCUT2D eigenvalue weighted by molar-refractivity contribution is 0.427. The summed E-state index contributed by atoms with van der Waals surface area (Å²) in [6, 6.07) is 16.4. The van der Waals surface area contributed by atoms with Crippen LogP contribution in [-0.4, -0.2) is 40.0 Å². The molecule has 0 radical (unpaired) electrons. The summed E-state index contributed by atoms with van der Waals surface area (Å²) in [5.74, 6) is -0.261. The predicted molar refractivity (Wildman–Crippen MR) is 103 cm³/mol. The smallest absolute Gasteiger partial charge is 0.218 e. The first-order valence-corrected chi connectivity index (χ1v) is 11.9. The molecule has 0 bridgehead atoms. The molecular formula is C19H23NO4S2. The SMILES string of the molecule is Cc1ccc(CS(=O)(=O)N2CCC(c3ccccc3)S(=O)(=O)CC2)cc1. The number of benzene rings is 2. The second-order valence-corrected chi connectivity index (χ2v) is 11.0. The van der Waals surface area contributed by atoms with Crippen LogP contribution in [0.3, 0.4) is 0 Å². The van der Waals surface area contributed by atoms with Gasteiger partial charge in [-0.15, -0.1) is 0 Å². The predicted octanol–water partition coefficient (Wildman–Crippen LogP) is 2.69. The Morgan fingerprint density at radius 1 is 1.00 bits per heavy atom. The quantitative estimate of drug-likeness (QED) is 0.801. The van der Waals surface area contributed by atoms with Gasteiger partial charge in [-0.05, 0) is 24.5 Å². The highest BCUT2D eigenvalue weighted by Crippen LogP contribution is 2.30. The summed E-state index contributed by atoms with van der Waals surface area (Å²) in [6.07, 6.45) is 0.277. The molecule has 0 amide bonds. The standard InChI is InChI=1S/C19H23NO4S2/c1-16-7-9-17(10-8-16)15-26(23,24)20-12-11-19(25(21,22)14-13-20)18-5-3-2-4-6-18/h2-10,19H,11-15H2,1H3. The van der Waals surface area contributed by atoms with Crippen molar-refractivity contribution in [2.75, 3.05) is 18.8 Å². The van der Waals surface area contributed by atoms with E-state index in [-0.39, 0.29) is 31.0 Å². The number of nitrogens with zero attached hydrogens (tertiary/aromatic N) is 1. The first-order valence-electron chi connectivity index (χ1n) is 8.58. The normalized spacial score (nSPS) is 21.2. The molecule has 1 aliphatic rings. The van der Waals surface area contributed by atoms with Crippen molar-refractivity contribution in [3.8, 4) is 0 Å². The molecule has 1 heterocycles. The average Bonchev–Trinajstić information content (AvgIpc) is 2.76. The number of sulfone groups is 1. The van der Waals surface area contributed by atoms with Crippen LogP contribution in [0.2, 0.25) is 0 Å². The van der Waals surface area contributed by atoms with E-state index >= 15 is 0 Å². The van der Waals surface area contributed by atoms with Crippen molar-refractivity contribution in [1.29, 1.82) is 0 Å². The number of sulfonamides is 1. The van der Waals surface area contributed by atoms with Crippen LogP contribution in [0.1, 0.15) is 28.4 Å². The van der Waals surface area contributed by atoms with E-state index in [1.807, 2.05) is 37.3 Å². The molecule has 2 aromatic rings. The van der Waals surface area contributed by atoms with Crippen molar-refractivity contribution in [3.05, 3.63) is 71.3 Å². The minimum atomic E-state index is -3.56. The second-order valence-electron chi connectivity index (χ2n) is 6.70. The van der Waals surface area contributed by atoms with Gasteiger partial charge in [0.05, 0.1) is 16.8 Å². The highest BCUT2D eigenvalue weighted by atomic mass is 32.2. The maximum Gasteiger partial charge on any atom is 0.218 e. The van der Waals surface area contributed by atoms with E-state index in [2.05, 4.69) is 0 Å². The summed E-state index contributed by atoms with van der Waals surface area (Å²) < 4.78 is 52.2. The molecule has 0 aliphatic carbocycles. The summed E-state index contributed by atoms with van der Waals surface area (Å²) in [4.78, 5) is 0. The summed E-state index contributed by atoms with van der Waals surface area (Å²) in [5, 5.41) is -0.650. The lowest BCUT2D eigenvalue weighted by atomic mass is 10.1. The maximum absolute atomic E-state index is 12.8. The Morgan fingerprint density at radius 2 is 1.65 bits per heavy atom. The Bertz CT molecular complexity index is 952.